The molecule has 0 saturated heterocycles. The van der Waals surface area contributed by atoms with E-state index in [1.165, 1.54) is 0 Å². The Morgan fingerprint density at radius 3 is 2.78 bits per heavy atom. The summed E-state index contributed by atoms with van der Waals surface area (Å²) >= 11 is 0. The van der Waals surface area contributed by atoms with Gasteiger partial charge in [-0.2, -0.15) is 0 Å². The SMILES string of the molecule is CCCNC(=O)c1ccc(NCCOC)c(N)c1. The van der Waals surface area contributed by atoms with E-state index in [4.69, 9.17) is 10.5 Å². The molecule has 0 atom stereocenters. The Morgan fingerprint density at radius 1 is 1.39 bits per heavy atom. The highest BCUT2D eigenvalue weighted by Crippen LogP contribution is 2.19. The number of benzene rings is 1. The highest BCUT2D eigenvalue weighted by Gasteiger charge is 2.07. The van der Waals surface area contributed by atoms with Gasteiger partial charge in [-0.05, 0) is 24.6 Å². The zero-order chi connectivity index (χ0) is 13.4. The van der Waals surface area contributed by atoms with Crippen molar-refractivity contribution in [3.05, 3.63) is 23.8 Å². The maximum absolute atomic E-state index is 11.7. The van der Waals surface area contributed by atoms with Crippen molar-refractivity contribution in [2.75, 3.05) is 37.9 Å². The number of ether oxygens (including phenoxy) is 1. The average Bonchev–Trinajstić information content (AvgIpc) is 2.38. The second kappa shape index (κ2) is 7.55. The standard InChI is InChI=1S/C13H21N3O2/c1-3-6-16-13(17)10-4-5-12(11(14)9-10)15-7-8-18-2/h4-5,9,15H,3,6-8,14H2,1-2H3,(H,16,17). The van der Waals surface area contributed by atoms with Crippen LogP contribution in [0.1, 0.15) is 23.7 Å². The first-order chi connectivity index (χ1) is 8.69. The van der Waals surface area contributed by atoms with Crippen LogP contribution in [0.2, 0.25) is 0 Å². The van der Waals surface area contributed by atoms with Crippen molar-refractivity contribution < 1.29 is 9.53 Å². The summed E-state index contributed by atoms with van der Waals surface area (Å²) in [5, 5.41) is 5.95. The summed E-state index contributed by atoms with van der Waals surface area (Å²) in [5.41, 5.74) is 7.85. The van der Waals surface area contributed by atoms with E-state index in [9.17, 15) is 4.79 Å². The van der Waals surface area contributed by atoms with Gasteiger partial charge >= 0.3 is 0 Å². The van der Waals surface area contributed by atoms with Crippen LogP contribution in [-0.2, 0) is 4.74 Å². The minimum atomic E-state index is -0.0907. The maximum Gasteiger partial charge on any atom is 0.251 e. The third-order valence-electron chi connectivity index (χ3n) is 2.47. The van der Waals surface area contributed by atoms with Crippen molar-refractivity contribution in [3.8, 4) is 0 Å². The average molecular weight is 251 g/mol. The Kier molecular flexibility index (Phi) is 6.00. The molecule has 1 rings (SSSR count). The van der Waals surface area contributed by atoms with Crippen molar-refractivity contribution in [2.45, 2.75) is 13.3 Å². The number of methoxy groups -OCH3 is 1. The topological polar surface area (TPSA) is 76.4 Å². The second-order valence-electron chi connectivity index (χ2n) is 3.98. The van der Waals surface area contributed by atoms with Gasteiger partial charge < -0.3 is 21.1 Å². The Balaban J connectivity index is 2.63. The fourth-order valence-electron chi connectivity index (χ4n) is 1.49. The molecule has 0 bridgehead atoms. The van der Waals surface area contributed by atoms with Crippen LogP contribution >= 0.6 is 0 Å². The first-order valence-electron chi connectivity index (χ1n) is 6.09. The van der Waals surface area contributed by atoms with Crippen molar-refractivity contribution in [1.29, 1.82) is 0 Å². The lowest BCUT2D eigenvalue weighted by atomic mass is 10.1. The Labute approximate surface area is 108 Å². The number of hydrogen-bond donors (Lipinski definition) is 3. The number of carbonyl (C=O) groups is 1. The first-order valence-corrected chi connectivity index (χ1v) is 6.09. The van der Waals surface area contributed by atoms with E-state index in [0.29, 0.717) is 30.9 Å². The largest absolute Gasteiger partial charge is 0.397 e. The lowest BCUT2D eigenvalue weighted by Gasteiger charge is -2.10. The predicted octanol–water partition coefficient (Wildman–Crippen LogP) is 1.47. The van der Waals surface area contributed by atoms with Gasteiger partial charge in [0.2, 0.25) is 0 Å². The molecule has 1 aromatic carbocycles. The first kappa shape index (κ1) is 14.3. The molecule has 0 radical (unpaired) electrons. The van der Waals surface area contributed by atoms with E-state index >= 15 is 0 Å². The van der Waals surface area contributed by atoms with E-state index in [2.05, 4.69) is 10.6 Å². The van der Waals surface area contributed by atoms with Gasteiger partial charge in [-0.15, -0.1) is 0 Å². The van der Waals surface area contributed by atoms with E-state index in [-0.39, 0.29) is 5.91 Å². The third kappa shape index (κ3) is 4.25. The smallest absolute Gasteiger partial charge is 0.251 e. The number of nitrogens with one attached hydrogen (secondary N) is 2. The molecule has 0 aliphatic heterocycles. The van der Waals surface area contributed by atoms with Gasteiger partial charge in [0.25, 0.3) is 5.91 Å². The molecule has 100 valence electrons. The second-order valence-corrected chi connectivity index (χ2v) is 3.98. The molecule has 1 aromatic rings. The van der Waals surface area contributed by atoms with Gasteiger partial charge in [0.1, 0.15) is 0 Å². The number of hydrogen-bond acceptors (Lipinski definition) is 4. The van der Waals surface area contributed by atoms with Crippen LogP contribution in [0.5, 0.6) is 0 Å². The van der Waals surface area contributed by atoms with Crippen molar-refractivity contribution in [2.24, 2.45) is 0 Å². The van der Waals surface area contributed by atoms with Crippen LogP contribution in [-0.4, -0.2) is 32.7 Å². The quantitative estimate of drug-likeness (QED) is 0.506. The predicted molar refractivity (Wildman–Crippen MR) is 73.8 cm³/mol. The molecule has 5 nitrogen and oxygen atoms in total. The van der Waals surface area contributed by atoms with Crippen LogP contribution in [0.4, 0.5) is 11.4 Å². The highest BCUT2D eigenvalue weighted by atomic mass is 16.5. The van der Waals surface area contributed by atoms with E-state index < -0.39 is 0 Å². The highest BCUT2D eigenvalue weighted by molar-refractivity contribution is 5.96. The van der Waals surface area contributed by atoms with E-state index in [0.717, 1.165) is 12.1 Å². The summed E-state index contributed by atoms with van der Waals surface area (Å²) in [6.07, 6.45) is 0.915. The normalized spacial score (nSPS) is 10.1. The fourth-order valence-corrected chi connectivity index (χ4v) is 1.49. The Morgan fingerprint density at radius 2 is 2.17 bits per heavy atom. The Bertz CT molecular complexity index is 394. The van der Waals surface area contributed by atoms with Gasteiger partial charge in [0.05, 0.1) is 18.0 Å². The van der Waals surface area contributed by atoms with Crippen LogP contribution in [0.25, 0.3) is 0 Å². The zero-order valence-electron chi connectivity index (χ0n) is 11.0. The molecule has 1 amide bonds. The van der Waals surface area contributed by atoms with Gasteiger partial charge in [0, 0.05) is 25.8 Å². The molecular formula is C13H21N3O2. The van der Waals surface area contributed by atoms with Gasteiger partial charge in [-0.1, -0.05) is 6.92 Å². The van der Waals surface area contributed by atoms with E-state index in [1.54, 1.807) is 19.2 Å². The summed E-state index contributed by atoms with van der Waals surface area (Å²) in [7, 11) is 1.65. The molecule has 0 aliphatic rings. The van der Waals surface area contributed by atoms with Crippen molar-refractivity contribution in [1.82, 2.24) is 5.32 Å². The number of carbonyl (C=O) groups excluding carboxylic acids is 1. The summed E-state index contributed by atoms with van der Waals surface area (Å²) in [6.45, 7) is 3.98. The van der Waals surface area contributed by atoms with Crippen LogP contribution in [0.15, 0.2) is 18.2 Å². The number of amides is 1. The summed E-state index contributed by atoms with van der Waals surface area (Å²) in [5.74, 6) is -0.0907. The molecule has 4 N–H and O–H groups in total. The summed E-state index contributed by atoms with van der Waals surface area (Å²) in [4.78, 5) is 11.7. The monoisotopic (exact) mass is 251 g/mol. The van der Waals surface area contributed by atoms with Gasteiger partial charge in [0.15, 0.2) is 0 Å². The molecule has 0 fully saturated rings. The maximum atomic E-state index is 11.7. The molecule has 18 heavy (non-hydrogen) atoms. The van der Waals surface area contributed by atoms with Gasteiger partial charge in [-0.3, -0.25) is 4.79 Å². The molecular weight excluding hydrogens is 230 g/mol. The number of nitrogen functional groups attached to an aromatic ring is 1. The lowest BCUT2D eigenvalue weighted by molar-refractivity contribution is 0.0953. The molecule has 0 aromatic heterocycles. The Hall–Kier alpha value is -1.75. The molecule has 0 saturated carbocycles. The fraction of sp³-hybridized carbons (Fsp3) is 0.462. The third-order valence-corrected chi connectivity index (χ3v) is 2.47. The minimum absolute atomic E-state index is 0.0907. The van der Waals surface area contributed by atoms with Crippen LogP contribution in [0, 0.1) is 0 Å². The van der Waals surface area contributed by atoms with Crippen molar-refractivity contribution >= 4 is 17.3 Å². The summed E-state index contributed by atoms with van der Waals surface area (Å²) in [6, 6.07) is 5.25. The van der Waals surface area contributed by atoms with E-state index in [1.807, 2.05) is 13.0 Å². The van der Waals surface area contributed by atoms with Crippen LogP contribution < -0.4 is 16.4 Å². The van der Waals surface area contributed by atoms with Crippen LogP contribution in [0.3, 0.4) is 0 Å². The number of anilines is 2. The lowest BCUT2D eigenvalue weighted by Crippen LogP contribution is -2.24. The number of nitrogens with two attached hydrogens (primary N) is 1. The minimum Gasteiger partial charge on any atom is -0.397 e. The van der Waals surface area contributed by atoms with Gasteiger partial charge in [-0.25, -0.2) is 0 Å². The number of rotatable bonds is 7. The molecule has 0 spiro atoms. The van der Waals surface area contributed by atoms with Crippen molar-refractivity contribution in [3.63, 3.8) is 0 Å². The molecule has 5 heteroatoms. The molecule has 0 unspecified atom stereocenters. The summed E-state index contributed by atoms with van der Waals surface area (Å²) < 4.78 is 4.94. The molecule has 0 heterocycles. The zero-order valence-corrected chi connectivity index (χ0v) is 11.0. The molecule has 0 aliphatic carbocycles.